The van der Waals surface area contributed by atoms with Crippen LogP contribution in [-0.2, 0) is 4.79 Å². The minimum atomic E-state index is 0.0449. The quantitative estimate of drug-likeness (QED) is 0.676. The van der Waals surface area contributed by atoms with Gasteiger partial charge in [-0.05, 0) is 18.9 Å². The van der Waals surface area contributed by atoms with Gasteiger partial charge in [0.2, 0.25) is 5.91 Å². The van der Waals surface area contributed by atoms with Crippen LogP contribution in [0.25, 0.3) is 0 Å². The number of hydrogen-bond donors (Lipinski definition) is 1. The summed E-state index contributed by atoms with van der Waals surface area (Å²) in [6.45, 7) is 5.84. The summed E-state index contributed by atoms with van der Waals surface area (Å²) in [6, 6.07) is 0. The van der Waals surface area contributed by atoms with Gasteiger partial charge in [0.15, 0.2) is 0 Å². The first-order valence-corrected chi connectivity index (χ1v) is 5.22. The molecule has 0 fully saturated rings. The second-order valence-electron chi connectivity index (χ2n) is 3.27. The SMILES string of the molecule is CC(=O)NC1=C(C)CS[C@@H](C)C1. The number of allylic oxidation sites excluding steroid dienone is 1. The van der Waals surface area contributed by atoms with E-state index in [-0.39, 0.29) is 5.91 Å². The van der Waals surface area contributed by atoms with E-state index in [2.05, 4.69) is 19.2 Å². The highest BCUT2D eigenvalue weighted by atomic mass is 32.2. The maximum Gasteiger partial charge on any atom is 0.220 e. The lowest BCUT2D eigenvalue weighted by molar-refractivity contribution is -0.118. The van der Waals surface area contributed by atoms with Gasteiger partial charge in [-0.2, -0.15) is 11.8 Å². The molecule has 1 amide bonds. The fraction of sp³-hybridized carbons (Fsp3) is 0.667. The van der Waals surface area contributed by atoms with Crippen LogP contribution in [-0.4, -0.2) is 16.9 Å². The molecule has 0 aromatic carbocycles. The van der Waals surface area contributed by atoms with Gasteiger partial charge in [0.1, 0.15) is 0 Å². The molecule has 0 saturated carbocycles. The topological polar surface area (TPSA) is 29.1 Å². The molecule has 2 nitrogen and oxygen atoms in total. The van der Waals surface area contributed by atoms with E-state index in [1.807, 2.05) is 11.8 Å². The van der Waals surface area contributed by atoms with Crippen LogP contribution in [0.2, 0.25) is 0 Å². The first kappa shape index (κ1) is 9.65. The molecule has 12 heavy (non-hydrogen) atoms. The molecule has 1 N–H and O–H groups in total. The Morgan fingerprint density at radius 3 is 2.92 bits per heavy atom. The van der Waals surface area contributed by atoms with Gasteiger partial charge in [0.25, 0.3) is 0 Å². The molecule has 0 saturated heterocycles. The fourth-order valence-corrected chi connectivity index (χ4v) is 2.24. The van der Waals surface area contributed by atoms with Crippen molar-refractivity contribution in [2.75, 3.05) is 5.75 Å². The van der Waals surface area contributed by atoms with Gasteiger partial charge in [-0.3, -0.25) is 4.79 Å². The van der Waals surface area contributed by atoms with Gasteiger partial charge in [0, 0.05) is 23.6 Å². The second kappa shape index (κ2) is 3.99. The minimum Gasteiger partial charge on any atom is -0.330 e. The van der Waals surface area contributed by atoms with Gasteiger partial charge in [-0.25, -0.2) is 0 Å². The van der Waals surface area contributed by atoms with Crippen molar-refractivity contribution < 1.29 is 4.79 Å². The van der Waals surface area contributed by atoms with Crippen LogP contribution in [0.4, 0.5) is 0 Å². The molecule has 3 heteroatoms. The standard InChI is InChI=1S/C9H15NOS/c1-6-5-12-7(2)4-9(6)10-8(3)11/h7H,4-5H2,1-3H3,(H,10,11)/t7-/m0/s1. The Bertz CT molecular complexity index is 223. The van der Waals surface area contributed by atoms with Crippen molar-refractivity contribution in [2.24, 2.45) is 0 Å². The molecular formula is C9H15NOS. The molecule has 0 aliphatic carbocycles. The van der Waals surface area contributed by atoms with Crippen LogP contribution in [0.5, 0.6) is 0 Å². The summed E-state index contributed by atoms with van der Waals surface area (Å²) >= 11 is 1.95. The highest BCUT2D eigenvalue weighted by Crippen LogP contribution is 2.27. The van der Waals surface area contributed by atoms with E-state index in [0.717, 1.165) is 17.9 Å². The van der Waals surface area contributed by atoms with Crippen molar-refractivity contribution in [3.8, 4) is 0 Å². The molecule has 1 heterocycles. The molecule has 0 radical (unpaired) electrons. The van der Waals surface area contributed by atoms with Crippen molar-refractivity contribution in [3.05, 3.63) is 11.3 Å². The van der Waals surface area contributed by atoms with Crippen molar-refractivity contribution in [3.63, 3.8) is 0 Å². The molecule has 0 aromatic heterocycles. The van der Waals surface area contributed by atoms with E-state index >= 15 is 0 Å². The van der Waals surface area contributed by atoms with Crippen molar-refractivity contribution in [1.29, 1.82) is 0 Å². The highest BCUT2D eigenvalue weighted by Gasteiger charge is 2.15. The van der Waals surface area contributed by atoms with Crippen molar-refractivity contribution in [1.82, 2.24) is 5.32 Å². The van der Waals surface area contributed by atoms with Crippen LogP contribution in [0.3, 0.4) is 0 Å². The van der Waals surface area contributed by atoms with Crippen LogP contribution in [0, 0.1) is 0 Å². The predicted octanol–water partition coefficient (Wildman–Crippen LogP) is 1.92. The zero-order valence-electron chi connectivity index (χ0n) is 7.81. The molecule has 0 aromatic rings. The predicted molar refractivity (Wildman–Crippen MR) is 53.1 cm³/mol. The lowest BCUT2D eigenvalue weighted by atomic mass is 10.1. The van der Waals surface area contributed by atoms with Crippen molar-refractivity contribution in [2.45, 2.75) is 32.4 Å². The Labute approximate surface area is 77.8 Å². The number of hydrogen-bond acceptors (Lipinski definition) is 2. The molecular weight excluding hydrogens is 170 g/mol. The molecule has 0 bridgehead atoms. The third kappa shape index (κ3) is 2.55. The van der Waals surface area contributed by atoms with E-state index in [4.69, 9.17) is 0 Å². The number of rotatable bonds is 1. The summed E-state index contributed by atoms with van der Waals surface area (Å²) in [7, 11) is 0. The number of nitrogens with one attached hydrogen (secondary N) is 1. The normalized spacial score (nSPS) is 24.1. The number of amides is 1. The second-order valence-corrected chi connectivity index (χ2v) is 4.69. The molecule has 0 unspecified atom stereocenters. The zero-order chi connectivity index (χ0) is 9.14. The Morgan fingerprint density at radius 2 is 2.33 bits per heavy atom. The van der Waals surface area contributed by atoms with E-state index in [1.54, 1.807) is 6.92 Å². The van der Waals surface area contributed by atoms with Gasteiger partial charge in [-0.15, -0.1) is 0 Å². The molecule has 1 aliphatic rings. The molecule has 1 aliphatic heterocycles. The van der Waals surface area contributed by atoms with E-state index in [9.17, 15) is 4.79 Å². The van der Waals surface area contributed by atoms with Crippen molar-refractivity contribution >= 4 is 17.7 Å². The third-order valence-electron chi connectivity index (χ3n) is 1.92. The smallest absolute Gasteiger partial charge is 0.220 e. The Balaban J connectivity index is 2.64. The number of thioether (sulfide) groups is 1. The third-order valence-corrected chi connectivity index (χ3v) is 3.25. The van der Waals surface area contributed by atoms with Gasteiger partial charge < -0.3 is 5.32 Å². The highest BCUT2D eigenvalue weighted by molar-refractivity contribution is 8.00. The summed E-state index contributed by atoms with van der Waals surface area (Å²) in [6.07, 6.45) is 0.996. The first-order valence-electron chi connectivity index (χ1n) is 4.17. The zero-order valence-corrected chi connectivity index (χ0v) is 8.62. The Hall–Kier alpha value is -0.440. The van der Waals surface area contributed by atoms with Crippen LogP contribution >= 0.6 is 11.8 Å². The maximum atomic E-state index is 10.8. The minimum absolute atomic E-state index is 0.0449. The van der Waals surface area contributed by atoms with E-state index in [0.29, 0.717) is 5.25 Å². The summed E-state index contributed by atoms with van der Waals surface area (Å²) in [5.41, 5.74) is 2.45. The van der Waals surface area contributed by atoms with E-state index < -0.39 is 0 Å². The number of carbonyl (C=O) groups is 1. The average molecular weight is 185 g/mol. The monoisotopic (exact) mass is 185 g/mol. The van der Waals surface area contributed by atoms with Crippen LogP contribution < -0.4 is 5.32 Å². The number of carbonyl (C=O) groups excluding carboxylic acids is 1. The fourth-order valence-electron chi connectivity index (χ4n) is 1.25. The maximum absolute atomic E-state index is 10.8. The summed E-state index contributed by atoms with van der Waals surface area (Å²) in [5, 5.41) is 3.52. The van der Waals surface area contributed by atoms with Gasteiger partial charge in [0.05, 0.1) is 0 Å². The summed E-state index contributed by atoms with van der Waals surface area (Å²) in [5.74, 6) is 1.10. The lowest BCUT2D eigenvalue weighted by Crippen LogP contribution is -2.25. The molecule has 1 atom stereocenters. The van der Waals surface area contributed by atoms with Crippen LogP contribution in [0.15, 0.2) is 11.3 Å². The van der Waals surface area contributed by atoms with E-state index in [1.165, 1.54) is 5.57 Å². The molecule has 68 valence electrons. The molecule has 0 spiro atoms. The average Bonchev–Trinajstić information content (AvgIpc) is 1.96. The molecule has 1 rings (SSSR count). The summed E-state index contributed by atoms with van der Waals surface area (Å²) in [4.78, 5) is 10.8. The van der Waals surface area contributed by atoms with Gasteiger partial charge in [-0.1, -0.05) is 6.92 Å². The summed E-state index contributed by atoms with van der Waals surface area (Å²) < 4.78 is 0. The Kier molecular flexibility index (Phi) is 3.20. The van der Waals surface area contributed by atoms with Gasteiger partial charge >= 0.3 is 0 Å². The largest absolute Gasteiger partial charge is 0.330 e. The lowest BCUT2D eigenvalue weighted by Gasteiger charge is -2.22. The van der Waals surface area contributed by atoms with Crippen LogP contribution in [0.1, 0.15) is 27.2 Å². The Morgan fingerprint density at radius 1 is 1.67 bits per heavy atom. The first-order chi connectivity index (χ1) is 5.59.